The van der Waals surface area contributed by atoms with Crippen LogP contribution in [0, 0.1) is 5.92 Å². The van der Waals surface area contributed by atoms with Crippen LogP contribution < -0.4 is 5.48 Å². The van der Waals surface area contributed by atoms with Crippen molar-refractivity contribution in [1.29, 1.82) is 0 Å². The van der Waals surface area contributed by atoms with E-state index in [0.717, 1.165) is 23.3 Å². The van der Waals surface area contributed by atoms with Gasteiger partial charge in [-0.2, -0.15) is 27.4 Å². The van der Waals surface area contributed by atoms with Gasteiger partial charge in [0.25, 0.3) is 0 Å². The number of nitrogens with one attached hydrogen (secondary N) is 1. The number of benzene rings is 1. The second-order valence-corrected chi connectivity index (χ2v) is 6.76. The van der Waals surface area contributed by atoms with Gasteiger partial charge in [0.2, 0.25) is 0 Å². The van der Waals surface area contributed by atoms with E-state index in [9.17, 15) is 4.79 Å². The van der Waals surface area contributed by atoms with Gasteiger partial charge in [0, 0.05) is 17.5 Å². The highest BCUT2D eigenvalue weighted by molar-refractivity contribution is 7.99. The molecule has 1 aliphatic rings. The van der Waals surface area contributed by atoms with E-state index in [2.05, 4.69) is 39.9 Å². The van der Waals surface area contributed by atoms with E-state index in [1.807, 2.05) is 17.8 Å². The van der Waals surface area contributed by atoms with Crippen molar-refractivity contribution < 1.29 is 9.63 Å². The maximum atomic E-state index is 11.7. The summed E-state index contributed by atoms with van der Waals surface area (Å²) in [5, 5.41) is 8.00. The molecular formula is C17H19N3O2S. The molecule has 1 aliphatic carbocycles. The van der Waals surface area contributed by atoms with Gasteiger partial charge in [0.1, 0.15) is 0 Å². The molecule has 1 N–H and O–H groups in total. The second kappa shape index (κ2) is 8.08. The molecule has 23 heavy (non-hydrogen) atoms. The number of carbonyl (C=O) groups excluding carboxylic acids is 1. The van der Waals surface area contributed by atoms with E-state index in [1.54, 1.807) is 6.07 Å². The summed E-state index contributed by atoms with van der Waals surface area (Å²) in [5.41, 5.74) is 4.52. The SMILES string of the molecule is O=C(ONCCC1CC1SCc1ccccc1)c1ccnnc1. The van der Waals surface area contributed by atoms with Gasteiger partial charge in [-0.15, -0.1) is 0 Å². The zero-order chi connectivity index (χ0) is 15.9. The zero-order valence-corrected chi connectivity index (χ0v) is 13.5. The molecule has 1 saturated carbocycles. The minimum atomic E-state index is -0.425. The molecule has 2 atom stereocenters. The van der Waals surface area contributed by atoms with E-state index >= 15 is 0 Å². The Bertz CT molecular complexity index is 624. The first-order valence-electron chi connectivity index (χ1n) is 7.69. The van der Waals surface area contributed by atoms with Gasteiger partial charge < -0.3 is 4.84 Å². The largest absolute Gasteiger partial charge is 0.367 e. The second-order valence-electron chi connectivity index (χ2n) is 5.53. The molecule has 2 unspecified atom stereocenters. The molecule has 0 amide bonds. The molecule has 1 aromatic carbocycles. The topological polar surface area (TPSA) is 64.1 Å². The Labute approximate surface area is 139 Å². The van der Waals surface area contributed by atoms with Gasteiger partial charge in [0.15, 0.2) is 0 Å². The first kappa shape index (κ1) is 16.0. The normalized spacial score (nSPS) is 19.3. The summed E-state index contributed by atoms with van der Waals surface area (Å²) < 4.78 is 0. The van der Waals surface area contributed by atoms with Crippen molar-refractivity contribution in [3.63, 3.8) is 0 Å². The molecule has 0 spiro atoms. The van der Waals surface area contributed by atoms with Crippen LogP contribution >= 0.6 is 11.8 Å². The van der Waals surface area contributed by atoms with Crippen molar-refractivity contribution in [2.45, 2.75) is 23.8 Å². The quantitative estimate of drug-likeness (QED) is 0.593. The average Bonchev–Trinajstić information content (AvgIpc) is 3.37. The monoisotopic (exact) mass is 329 g/mol. The fourth-order valence-corrected chi connectivity index (χ4v) is 3.73. The van der Waals surface area contributed by atoms with Gasteiger partial charge in [0.05, 0.1) is 18.0 Å². The number of aromatic nitrogens is 2. The van der Waals surface area contributed by atoms with Crippen molar-refractivity contribution in [3.05, 3.63) is 59.9 Å². The first-order valence-corrected chi connectivity index (χ1v) is 8.74. The molecule has 6 heteroatoms. The number of hydrogen-bond acceptors (Lipinski definition) is 6. The van der Waals surface area contributed by atoms with Gasteiger partial charge >= 0.3 is 5.97 Å². The van der Waals surface area contributed by atoms with E-state index in [-0.39, 0.29) is 0 Å². The van der Waals surface area contributed by atoms with Gasteiger partial charge in [-0.1, -0.05) is 30.3 Å². The van der Waals surface area contributed by atoms with Gasteiger partial charge in [-0.05, 0) is 30.4 Å². The van der Waals surface area contributed by atoms with E-state index < -0.39 is 5.97 Å². The van der Waals surface area contributed by atoms with Crippen LogP contribution in [-0.4, -0.2) is 28.0 Å². The molecule has 0 aliphatic heterocycles. The molecule has 3 rings (SSSR count). The average molecular weight is 329 g/mol. The number of hydroxylamine groups is 1. The highest BCUT2D eigenvalue weighted by atomic mass is 32.2. The van der Waals surface area contributed by atoms with Crippen LogP contribution in [0.4, 0.5) is 0 Å². The number of thioether (sulfide) groups is 1. The Morgan fingerprint density at radius 3 is 2.91 bits per heavy atom. The lowest BCUT2D eigenvalue weighted by Crippen LogP contribution is -2.21. The lowest BCUT2D eigenvalue weighted by molar-refractivity contribution is 0.0248. The summed E-state index contributed by atoms with van der Waals surface area (Å²) in [6.07, 6.45) is 5.13. The molecule has 5 nitrogen and oxygen atoms in total. The van der Waals surface area contributed by atoms with Crippen molar-refractivity contribution in [3.8, 4) is 0 Å². The lowest BCUT2D eigenvalue weighted by atomic mass is 10.2. The minimum Gasteiger partial charge on any atom is -0.367 e. The number of carbonyl (C=O) groups is 1. The van der Waals surface area contributed by atoms with Crippen LogP contribution in [0.15, 0.2) is 48.8 Å². The van der Waals surface area contributed by atoms with E-state index in [4.69, 9.17) is 4.84 Å². The maximum absolute atomic E-state index is 11.7. The van der Waals surface area contributed by atoms with Crippen molar-refractivity contribution >= 4 is 17.7 Å². The Morgan fingerprint density at radius 2 is 2.13 bits per heavy atom. The molecule has 1 fully saturated rings. The lowest BCUT2D eigenvalue weighted by Gasteiger charge is -2.05. The third-order valence-electron chi connectivity index (χ3n) is 3.77. The van der Waals surface area contributed by atoms with E-state index in [0.29, 0.717) is 12.1 Å². The molecule has 0 saturated heterocycles. The molecule has 0 bridgehead atoms. The third kappa shape index (κ3) is 5.04. The fourth-order valence-electron chi connectivity index (χ4n) is 2.34. The van der Waals surface area contributed by atoms with Gasteiger partial charge in [-0.3, -0.25) is 0 Å². The summed E-state index contributed by atoms with van der Waals surface area (Å²) in [7, 11) is 0. The molecule has 0 radical (unpaired) electrons. The molecule has 1 aromatic heterocycles. The highest BCUT2D eigenvalue weighted by Crippen LogP contribution is 2.44. The summed E-state index contributed by atoms with van der Waals surface area (Å²) in [6.45, 7) is 0.678. The first-order chi connectivity index (χ1) is 11.3. The fraction of sp³-hybridized carbons (Fsp3) is 0.353. The summed E-state index contributed by atoms with van der Waals surface area (Å²) in [4.78, 5) is 16.7. The summed E-state index contributed by atoms with van der Waals surface area (Å²) in [5.74, 6) is 1.36. The van der Waals surface area contributed by atoms with Crippen molar-refractivity contribution in [2.75, 3.05) is 6.54 Å². The molecular weight excluding hydrogens is 310 g/mol. The Kier molecular flexibility index (Phi) is 5.60. The van der Waals surface area contributed by atoms with Crippen molar-refractivity contribution in [2.24, 2.45) is 5.92 Å². The zero-order valence-electron chi connectivity index (χ0n) is 12.7. The van der Waals surface area contributed by atoms with Gasteiger partial charge in [-0.25, -0.2) is 4.79 Å². The van der Waals surface area contributed by atoms with Crippen LogP contribution in [0.3, 0.4) is 0 Å². The smallest absolute Gasteiger partial charge is 0.358 e. The predicted octanol–water partition coefficient (Wildman–Crippen LogP) is 2.85. The molecule has 2 aromatic rings. The Hall–Kier alpha value is -1.92. The number of nitrogens with zero attached hydrogens (tertiary/aromatic N) is 2. The summed E-state index contributed by atoms with van der Waals surface area (Å²) in [6, 6.07) is 12.1. The summed E-state index contributed by atoms with van der Waals surface area (Å²) >= 11 is 2.01. The van der Waals surface area contributed by atoms with Crippen LogP contribution in [0.25, 0.3) is 0 Å². The number of hydrogen-bond donors (Lipinski definition) is 1. The highest BCUT2D eigenvalue weighted by Gasteiger charge is 2.36. The maximum Gasteiger partial charge on any atom is 0.358 e. The molecule has 1 heterocycles. The standard InChI is InChI=1S/C17H19N3O2S/c21-17(15-6-8-18-19-11-15)22-20-9-7-14-10-16(14)23-12-13-4-2-1-3-5-13/h1-6,8,11,14,16,20H,7,9-10,12H2. The number of rotatable bonds is 8. The van der Waals surface area contributed by atoms with Crippen molar-refractivity contribution in [1.82, 2.24) is 15.7 Å². The minimum absolute atomic E-state index is 0.398. The van der Waals surface area contributed by atoms with Crippen LogP contribution in [0.1, 0.15) is 28.8 Å². The Morgan fingerprint density at radius 1 is 1.26 bits per heavy atom. The predicted molar refractivity (Wildman–Crippen MR) is 89.7 cm³/mol. The van der Waals surface area contributed by atoms with Crippen LogP contribution in [0.5, 0.6) is 0 Å². The molecule has 120 valence electrons. The Balaban J connectivity index is 1.27. The van der Waals surface area contributed by atoms with E-state index in [1.165, 1.54) is 24.4 Å². The van der Waals surface area contributed by atoms with Crippen LogP contribution in [-0.2, 0) is 10.6 Å². The third-order valence-corrected chi connectivity index (χ3v) is 5.27. The van der Waals surface area contributed by atoms with Crippen LogP contribution in [0.2, 0.25) is 0 Å².